The van der Waals surface area contributed by atoms with Crippen LogP contribution in [0, 0.1) is 6.92 Å². The molecule has 1 heterocycles. The second-order valence-corrected chi connectivity index (χ2v) is 4.39. The molecule has 90 valence electrons. The minimum atomic E-state index is 0.233. The Bertz CT molecular complexity index is 509. The normalized spacial score (nSPS) is 12.6. The van der Waals surface area contributed by atoms with Crippen molar-refractivity contribution in [1.82, 2.24) is 10.2 Å². The Labute approximate surface area is 106 Å². The molecule has 0 aliphatic heterocycles. The molecule has 0 saturated heterocycles. The lowest BCUT2D eigenvalue weighted by Gasteiger charge is -2.15. The molecule has 1 aromatic carbocycles. The van der Waals surface area contributed by atoms with Gasteiger partial charge in [0.2, 0.25) is 0 Å². The van der Waals surface area contributed by atoms with Crippen LogP contribution in [0.5, 0.6) is 0 Å². The number of hydrogen-bond donors (Lipinski definition) is 1. The molecule has 1 atom stereocenters. The fourth-order valence-electron chi connectivity index (χ4n) is 1.79. The van der Waals surface area contributed by atoms with Crippen molar-refractivity contribution in [2.75, 3.05) is 11.2 Å². The number of nitrogens with one attached hydrogen (secondary N) is 1. The molecule has 2 aromatic rings. The number of anilines is 1. The molecular formula is C13H16ClN3. The average molecular weight is 250 g/mol. The maximum atomic E-state index is 5.89. The van der Waals surface area contributed by atoms with Gasteiger partial charge in [0, 0.05) is 22.7 Å². The van der Waals surface area contributed by atoms with E-state index in [1.807, 2.05) is 19.1 Å². The number of aromatic nitrogens is 2. The zero-order valence-electron chi connectivity index (χ0n) is 10.1. The molecule has 0 amide bonds. The molecule has 0 spiro atoms. The minimum absolute atomic E-state index is 0.233. The van der Waals surface area contributed by atoms with Gasteiger partial charge in [0.15, 0.2) is 5.82 Å². The number of benzene rings is 1. The second kappa shape index (κ2) is 5.32. The molecule has 17 heavy (non-hydrogen) atoms. The number of alkyl halides is 1. The Kier molecular flexibility index (Phi) is 3.79. The van der Waals surface area contributed by atoms with Crippen molar-refractivity contribution in [2.45, 2.75) is 26.3 Å². The zero-order valence-corrected chi connectivity index (χ0v) is 10.8. The Morgan fingerprint density at radius 1 is 1.24 bits per heavy atom. The van der Waals surface area contributed by atoms with Gasteiger partial charge in [0.05, 0.1) is 5.69 Å². The first-order valence-electron chi connectivity index (χ1n) is 5.80. The lowest BCUT2D eigenvalue weighted by molar-refractivity contribution is 0.762. The zero-order chi connectivity index (χ0) is 12.3. The lowest BCUT2D eigenvalue weighted by atomic mass is 10.1. The summed E-state index contributed by atoms with van der Waals surface area (Å²) in [6.07, 6.45) is 0.966. The fourth-order valence-corrected chi connectivity index (χ4v) is 2.08. The van der Waals surface area contributed by atoms with E-state index in [0.29, 0.717) is 5.88 Å². The van der Waals surface area contributed by atoms with E-state index in [1.165, 1.54) is 0 Å². The standard InChI is InChI=1S/C13H16ClN3/c1-3-10(8-14)15-13-12-7-5-4-6-11(12)9(2)16-17-13/h4-7,10H,3,8H2,1-2H3,(H,15,17). The third-order valence-corrected chi connectivity index (χ3v) is 3.26. The fraction of sp³-hybridized carbons (Fsp3) is 0.385. The number of hydrogen-bond acceptors (Lipinski definition) is 3. The lowest BCUT2D eigenvalue weighted by Crippen LogP contribution is -2.21. The van der Waals surface area contributed by atoms with Gasteiger partial charge in [-0.3, -0.25) is 0 Å². The summed E-state index contributed by atoms with van der Waals surface area (Å²) in [5, 5.41) is 14.0. The van der Waals surface area contributed by atoms with Crippen molar-refractivity contribution in [1.29, 1.82) is 0 Å². The van der Waals surface area contributed by atoms with E-state index in [2.05, 4.69) is 34.6 Å². The van der Waals surface area contributed by atoms with Crippen LogP contribution in [-0.4, -0.2) is 22.1 Å². The largest absolute Gasteiger partial charge is 0.364 e. The summed E-state index contributed by atoms with van der Waals surface area (Å²) in [6.45, 7) is 4.07. The molecule has 0 saturated carbocycles. The monoisotopic (exact) mass is 249 g/mol. The quantitative estimate of drug-likeness (QED) is 0.845. The first-order valence-corrected chi connectivity index (χ1v) is 6.34. The maximum absolute atomic E-state index is 5.89. The molecular weight excluding hydrogens is 234 g/mol. The van der Waals surface area contributed by atoms with Crippen LogP contribution in [0.4, 0.5) is 5.82 Å². The Morgan fingerprint density at radius 3 is 2.59 bits per heavy atom. The topological polar surface area (TPSA) is 37.8 Å². The van der Waals surface area contributed by atoms with Gasteiger partial charge >= 0.3 is 0 Å². The SMILES string of the molecule is CCC(CCl)Nc1nnc(C)c2ccccc12. The van der Waals surface area contributed by atoms with E-state index in [4.69, 9.17) is 11.6 Å². The highest BCUT2D eigenvalue weighted by Crippen LogP contribution is 2.23. The number of nitrogens with zero attached hydrogens (tertiary/aromatic N) is 2. The van der Waals surface area contributed by atoms with E-state index in [9.17, 15) is 0 Å². The van der Waals surface area contributed by atoms with Crippen LogP contribution in [0.1, 0.15) is 19.0 Å². The Morgan fingerprint density at radius 2 is 1.94 bits per heavy atom. The van der Waals surface area contributed by atoms with Crippen molar-refractivity contribution in [3.8, 4) is 0 Å². The van der Waals surface area contributed by atoms with Crippen LogP contribution in [0.2, 0.25) is 0 Å². The van der Waals surface area contributed by atoms with Crippen molar-refractivity contribution >= 4 is 28.2 Å². The summed E-state index contributed by atoms with van der Waals surface area (Å²) in [4.78, 5) is 0. The van der Waals surface area contributed by atoms with E-state index in [0.717, 1.165) is 28.7 Å². The summed E-state index contributed by atoms with van der Waals surface area (Å²) in [7, 11) is 0. The summed E-state index contributed by atoms with van der Waals surface area (Å²) in [5.74, 6) is 1.39. The molecule has 4 heteroatoms. The highest BCUT2D eigenvalue weighted by atomic mass is 35.5. The van der Waals surface area contributed by atoms with Crippen LogP contribution in [-0.2, 0) is 0 Å². The smallest absolute Gasteiger partial charge is 0.156 e. The third-order valence-electron chi connectivity index (χ3n) is 2.89. The molecule has 0 bridgehead atoms. The van der Waals surface area contributed by atoms with Crippen LogP contribution < -0.4 is 5.32 Å². The minimum Gasteiger partial charge on any atom is -0.364 e. The highest BCUT2D eigenvalue weighted by molar-refractivity contribution is 6.18. The maximum Gasteiger partial charge on any atom is 0.156 e. The van der Waals surface area contributed by atoms with E-state index in [1.54, 1.807) is 0 Å². The van der Waals surface area contributed by atoms with Gasteiger partial charge < -0.3 is 5.32 Å². The number of rotatable bonds is 4. The van der Waals surface area contributed by atoms with Crippen LogP contribution >= 0.6 is 11.6 Å². The summed E-state index contributed by atoms with van der Waals surface area (Å²) in [5.41, 5.74) is 0.949. The van der Waals surface area contributed by atoms with Crippen LogP contribution in [0.3, 0.4) is 0 Å². The van der Waals surface area contributed by atoms with Crippen molar-refractivity contribution in [3.05, 3.63) is 30.0 Å². The molecule has 0 aliphatic carbocycles. The van der Waals surface area contributed by atoms with Gasteiger partial charge in [-0.1, -0.05) is 31.2 Å². The third kappa shape index (κ3) is 2.50. The molecule has 3 nitrogen and oxygen atoms in total. The summed E-state index contributed by atoms with van der Waals surface area (Å²) in [6, 6.07) is 8.37. The van der Waals surface area contributed by atoms with Crippen molar-refractivity contribution in [3.63, 3.8) is 0 Å². The number of aryl methyl sites for hydroxylation is 1. The van der Waals surface area contributed by atoms with Gasteiger partial charge in [-0.25, -0.2) is 0 Å². The Hall–Kier alpha value is -1.35. The second-order valence-electron chi connectivity index (χ2n) is 4.08. The van der Waals surface area contributed by atoms with E-state index >= 15 is 0 Å². The predicted octanol–water partition coefficient (Wildman–Crippen LogP) is 3.37. The van der Waals surface area contributed by atoms with E-state index in [-0.39, 0.29) is 6.04 Å². The van der Waals surface area contributed by atoms with Gasteiger partial charge in [-0.15, -0.1) is 16.7 Å². The number of halogens is 1. The first kappa shape index (κ1) is 12.1. The molecule has 1 N–H and O–H groups in total. The number of fused-ring (bicyclic) bond motifs is 1. The van der Waals surface area contributed by atoms with Crippen molar-refractivity contribution < 1.29 is 0 Å². The molecule has 0 radical (unpaired) electrons. The molecule has 2 rings (SSSR count). The molecule has 1 aromatic heterocycles. The van der Waals surface area contributed by atoms with Crippen molar-refractivity contribution in [2.24, 2.45) is 0 Å². The molecule has 0 fully saturated rings. The van der Waals surface area contributed by atoms with E-state index < -0.39 is 0 Å². The molecule has 1 unspecified atom stereocenters. The van der Waals surface area contributed by atoms with Gasteiger partial charge in [-0.05, 0) is 13.3 Å². The predicted molar refractivity (Wildman–Crippen MR) is 72.7 cm³/mol. The van der Waals surface area contributed by atoms with Gasteiger partial charge in [0.25, 0.3) is 0 Å². The average Bonchev–Trinajstić information content (AvgIpc) is 2.38. The highest BCUT2D eigenvalue weighted by Gasteiger charge is 2.10. The summed E-state index contributed by atoms with van der Waals surface area (Å²) >= 11 is 5.89. The first-order chi connectivity index (χ1) is 8.26. The Balaban J connectivity index is 2.44. The van der Waals surface area contributed by atoms with Gasteiger partial charge in [0.1, 0.15) is 0 Å². The molecule has 0 aliphatic rings. The van der Waals surface area contributed by atoms with Gasteiger partial charge in [-0.2, -0.15) is 5.10 Å². The van der Waals surface area contributed by atoms with Crippen LogP contribution in [0.15, 0.2) is 24.3 Å². The van der Waals surface area contributed by atoms with Crippen LogP contribution in [0.25, 0.3) is 10.8 Å². The summed E-state index contributed by atoms with van der Waals surface area (Å²) < 4.78 is 0.